The fourth-order valence-electron chi connectivity index (χ4n) is 4.48. The van der Waals surface area contributed by atoms with Crippen molar-refractivity contribution in [1.29, 1.82) is 0 Å². The number of hydrogen-bond donors (Lipinski definition) is 2. The lowest BCUT2D eigenvalue weighted by Gasteiger charge is -2.36. The van der Waals surface area contributed by atoms with Crippen LogP contribution in [0.15, 0.2) is 66.7 Å². The molecule has 0 atom stereocenters. The first-order valence-electron chi connectivity index (χ1n) is 9.67. The molecule has 8 nitrogen and oxygen atoms in total. The molecule has 8 heteroatoms. The highest BCUT2D eigenvalue weighted by Gasteiger charge is 2.54. The van der Waals surface area contributed by atoms with Crippen LogP contribution in [-0.4, -0.2) is 28.0 Å². The van der Waals surface area contributed by atoms with Gasteiger partial charge in [-0.2, -0.15) is 0 Å². The molecule has 3 aromatic carbocycles. The second kappa shape index (κ2) is 5.98. The molecule has 0 aromatic heterocycles. The van der Waals surface area contributed by atoms with Gasteiger partial charge in [-0.3, -0.25) is 9.59 Å². The number of ether oxygens (including phenoxy) is 2. The average molecular weight is 427 g/mol. The number of benzene rings is 3. The maximum Gasteiger partial charge on any atom is 0.340 e. The molecule has 0 radical (unpaired) electrons. The van der Waals surface area contributed by atoms with Gasteiger partial charge in [0.05, 0.1) is 11.3 Å². The second-order valence-electron chi connectivity index (χ2n) is 7.61. The van der Waals surface area contributed by atoms with Gasteiger partial charge in [0.1, 0.15) is 23.0 Å². The first kappa shape index (κ1) is 18.2. The number of imide groups is 1. The Morgan fingerprint density at radius 3 is 1.91 bits per heavy atom. The molecule has 3 aliphatic rings. The molecule has 0 saturated carbocycles. The van der Waals surface area contributed by atoms with Crippen LogP contribution in [0.25, 0.3) is 0 Å². The van der Waals surface area contributed by atoms with Gasteiger partial charge in [0.15, 0.2) is 5.60 Å². The molecule has 32 heavy (non-hydrogen) atoms. The van der Waals surface area contributed by atoms with Gasteiger partial charge in [-0.05, 0) is 42.5 Å². The monoisotopic (exact) mass is 427 g/mol. The highest BCUT2D eigenvalue weighted by molar-refractivity contribution is 6.28. The van der Waals surface area contributed by atoms with E-state index in [1.165, 1.54) is 48.6 Å². The van der Waals surface area contributed by atoms with Gasteiger partial charge in [-0.15, -0.1) is 0 Å². The summed E-state index contributed by atoms with van der Waals surface area (Å²) in [5, 5.41) is 20.0. The number of fused-ring (bicyclic) bond motifs is 6. The van der Waals surface area contributed by atoms with Crippen molar-refractivity contribution in [1.82, 2.24) is 0 Å². The lowest BCUT2D eigenvalue weighted by Crippen LogP contribution is -2.34. The maximum atomic E-state index is 12.9. The van der Waals surface area contributed by atoms with Crippen LogP contribution in [0.1, 0.15) is 27.0 Å². The SMILES string of the molecule is O=C1OC2(c3ccc(O)cc3Oc3cc(O)ccc32)c2cc(N3C(=O)C=CC3=O)ccc21. The standard InChI is InChI=1S/C24H13NO7/c26-13-2-5-16-19(10-13)31-20-11-14(27)3-6-17(20)24(16)18-9-12(1-4-15(18)23(30)32-24)25-21(28)7-8-22(25)29/h1-11,26-27H. The number of phenolic OH excluding ortho intramolecular Hbond substituents is 2. The number of phenols is 2. The van der Waals surface area contributed by atoms with E-state index in [2.05, 4.69) is 0 Å². The van der Waals surface area contributed by atoms with E-state index in [-0.39, 0.29) is 34.2 Å². The van der Waals surface area contributed by atoms with E-state index in [0.29, 0.717) is 16.7 Å². The van der Waals surface area contributed by atoms with Crippen molar-refractivity contribution in [2.75, 3.05) is 4.90 Å². The number of esters is 1. The normalized spacial score (nSPS) is 17.1. The van der Waals surface area contributed by atoms with Crippen molar-refractivity contribution >= 4 is 23.5 Å². The van der Waals surface area contributed by atoms with Crippen molar-refractivity contribution in [3.05, 3.63) is 89.0 Å². The molecule has 3 aromatic rings. The molecule has 3 aliphatic heterocycles. The minimum Gasteiger partial charge on any atom is -0.508 e. The first-order valence-corrected chi connectivity index (χ1v) is 9.67. The van der Waals surface area contributed by atoms with Crippen molar-refractivity contribution < 1.29 is 34.1 Å². The number of rotatable bonds is 1. The van der Waals surface area contributed by atoms with Gasteiger partial charge in [0, 0.05) is 41.0 Å². The van der Waals surface area contributed by atoms with E-state index >= 15 is 0 Å². The first-order chi connectivity index (χ1) is 15.4. The summed E-state index contributed by atoms with van der Waals surface area (Å²) in [5.41, 5.74) is 0.403. The van der Waals surface area contributed by atoms with E-state index in [9.17, 15) is 24.6 Å². The molecule has 0 saturated heterocycles. The second-order valence-corrected chi connectivity index (χ2v) is 7.61. The number of aromatic hydroxyl groups is 2. The molecule has 2 amide bonds. The summed E-state index contributed by atoms with van der Waals surface area (Å²) in [7, 11) is 0. The lowest BCUT2D eigenvalue weighted by molar-refractivity contribution is -0.120. The third-order valence-electron chi connectivity index (χ3n) is 5.82. The highest BCUT2D eigenvalue weighted by Crippen LogP contribution is 2.57. The Bertz CT molecular complexity index is 1350. The smallest absolute Gasteiger partial charge is 0.340 e. The predicted octanol–water partition coefficient (Wildman–Crippen LogP) is 3.10. The minimum absolute atomic E-state index is 0.0554. The Balaban J connectivity index is 1.66. The van der Waals surface area contributed by atoms with Gasteiger partial charge in [-0.25, -0.2) is 9.69 Å². The fourth-order valence-corrected chi connectivity index (χ4v) is 4.48. The van der Waals surface area contributed by atoms with Crippen molar-refractivity contribution in [2.45, 2.75) is 5.60 Å². The molecular weight excluding hydrogens is 414 g/mol. The number of anilines is 1. The van der Waals surface area contributed by atoms with Gasteiger partial charge < -0.3 is 19.7 Å². The Labute approximate surface area is 180 Å². The van der Waals surface area contributed by atoms with Crippen molar-refractivity contribution in [2.24, 2.45) is 0 Å². The molecule has 156 valence electrons. The Hall–Kier alpha value is -4.59. The van der Waals surface area contributed by atoms with Crippen LogP contribution in [0, 0.1) is 0 Å². The summed E-state index contributed by atoms with van der Waals surface area (Å²) in [6.45, 7) is 0. The van der Waals surface area contributed by atoms with Crippen LogP contribution < -0.4 is 9.64 Å². The Morgan fingerprint density at radius 1 is 0.719 bits per heavy atom. The predicted molar refractivity (Wildman–Crippen MR) is 110 cm³/mol. The number of amides is 2. The van der Waals surface area contributed by atoms with Crippen LogP contribution in [0.2, 0.25) is 0 Å². The van der Waals surface area contributed by atoms with Gasteiger partial charge in [0.25, 0.3) is 11.8 Å². The van der Waals surface area contributed by atoms with Gasteiger partial charge >= 0.3 is 5.97 Å². The van der Waals surface area contributed by atoms with Gasteiger partial charge in [0.2, 0.25) is 0 Å². The van der Waals surface area contributed by atoms with E-state index < -0.39 is 23.4 Å². The minimum atomic E-state index is -1.47. The third-order valence-corrected chi connectivity index (χ3v) is 5.82. The molecule has 0 bridgehead atoms. The summed E-state index contributed by atoms with van der Waals surface area (Å²) in [5.74, 6) is -1.20. The Morgan fingerprint density at radius 2 is 1.31 bits per heavy atom. The van der Waals surface area contributed by atoms with E-state index in [4.69, 9.17) is 9.47 Å². The molecule has 1 spiro atoms. The third kappa shape index (κ3) is 2.23. The lowest BCUT2D eigenvalue weighted by atomic mass is 9.77. The summed E-state index contributed by atoms with van der Waals surface area (Å²) in [4.78, 5) is 38.4. The van der Waals surface area contributed by atoms with Crippen LogP contribution in [0.4, 0.5) is 5.69 Å². The molecule has 0 unspecified atom stereocenters. The topological polar surface area (TPSA) is 113 Å². The summed E-state index contributed by atoms with van der Waals surface area (Å²) < 4.78 is 11.9. The van der Waals surface area contributed by atoms with Crippen LogP contribution in [0.5, 0.6) is 23.0 Å². The quantitative estimate of drug-likeness (QED) is 0.453. The average Bonchev–Trinajstić information content (AvgIpc) is 3.24. The van der Waals surface area contributed by atoms with Gasteiger partial charge in [-0.1, -0.05) is 0 Å². The summed E-state index contributed by atoms with van der Waals surface area (Å²) in [6, 6.07) is 13.4. The number of carbonyl (C=O) groups excluding carboxylic acids is 3. The van der Waals surface area contributed by atoms with E-state index in [1.54, 1.807) is 18.2 Å². The zero-order chi connectivity index (χ0) is 22.2. The molecule has 0 aliphatic carbocycles. The van der Waals surface area contributed by atoms with Crippen molar-refractivity contribution in [3.8, 4) is 23.0 Å². The Kier molecular flexibility index (Phi) is 3.40. The number of hydrogen-bond acceptors (Lipinski definition) is 7. The van der Waals surface area contributed by atoms with Crippen LogP contribution in [-0.2, 0) is 19.9 Å². The molecule has 6 rings (SSSR count). The maximum absolute atomic E-state index is 12.9. The number of carbonyl (C=O) groups is 3. The summed E-state index contributed by atoms with van der Waals surface area (Å²) >= 11 is 0. The molecule has 0 fully saturated rings. The summed E-state index contributed by atoms with van der Waals surface area (Å²) in [6.07, 6.45) is 2.36. The van der Waals surface area contributed by atoms with Crippen molar-refractivity contribution in [3.63, 3.8) is 0 Å². The van der Waals surface area contributed by atoms with Crippen LogP contribution in [0.3, 0.4) is 0 Å². The zero-order valence-corrected chi connectivity index (χ0v) is 16.2. The number of nitrogens with zero attached hydrogens (tertiary/aromatic N) is 1. The largest absolute Gasteiger partial charge is 0.508 e. The molecule has 3 heterocycles. The van der Waals surface area contributed by atoms with E-state index in [0.717, 1.165) is 4.90 Å². The van der Waals surface area contributed by atoms with E-state index in [1.807, 2.05) is 0 Å². The highest BCUT2D eigenvalue weighted by atomic mass is 16.6. The fraction of sp³-hybridized carbons (Fsp3) is 0.0417. The zero-order valence-electron chi connectivity index (χ0n) is 16.2. The molecule has 2 N–H and O–H groups in total. The van der Waals surface area contributed by atoms with Crippen LogP contribution >= 0.6 is 0 Å². The molecular formula is C24H13NO7.